The van der Waals surface area contributed by atoms with Crippen molar-refractivity contribution in [3.63, 3.8) is 0 Å². The number of nitrogens with one attached hydrogen (secondary N) is 1. The van der Waals surface area contributed by atoms with Crippen LogP contribution in [0.25, 0.3) is 22.4 Å². The molecule has 24 heavy (non-hydrogen) atoms. The molecule has 1 N–H and O–H groups in total. The highest BCUT2D eigenvalue weighted by Crippen LogP contribution is 2.32. The highest BCUT2D eigenvalue weighted by Gasteiger charge is 2.12. The van der Waals surface area contributed by atoms with Gasteiger partial charge >= 0.3 is 0 Å². The van der Waals surface area contributed by atoms with Crippen LogP contribution in [-0.2, 0) is 0 Å². The van der Waals surface area contributed by atoms with Gasteiger partial charge in [0.1, 0.15) is 17.9 Å². The van der Waals surface area contributed by atoms with Gasteiger partial charge in [-0.25, -0.2) is 9.97 Å². The van der Waals surface area contributed by atoms with Crippen molar-refractivity contribution >= 4 is 45.8 Å². The number of rotatable bonds is 3. The van der Waals surface area contributed by atoms with Gasteiger partial charge in [0.25, 0.3) is 0 Å². The van der Waals surface area contributed by atoms with E-state index in [2.05, 4.69) is 15.3 Å². The summed E-state index contributed by atoms with van der Waals surface area (Å²) in [4.78, 5) is 8.50. The van der Waals surface area contributed by atoms with E-state index in [1.807, 2.05) is 54.6 Å². The zero-order valence-corrected chi connectivity index (χ0v) is 13.8. The number of benzene rings is 2. The Balaban J connectivity index is 1.76. The lowest BCUT2D eigenvalue weighted by Crippen LogP contribution is -1.94. The number of hydrogen-bond acceptors (Lipinski definition) is 4. The summed E-state index contributed by atoms with van der Waals surface area (Å²) in [6.45, 7) is 0. The molecule has 4 nitrogen and oxygen atoms in total. The zero-order chi connectivity index (χ0) is 16.5. The van der Waals surface area contributed by atoms with E-state index in [0.29, 0.717) is 27.3 Å². The number of nitrogens with zero attached hydrogens (tertiary/aromatic N) is 2. The number of furan rings is 1. The molecule has 0 saturated heterocycles. The van der Waals surface area contributed by atoms with Crippen LogP contribution in [0, 0.1) is 0 Å². The van der Waals surface area contributed by atoms with Gasteiger partial charge in [0, 0.05) is 21.3 Å². The highest BCUT2D eigenvalue weighted by molar-refractivity contribution is 6.31. The van der Waals surface area contributed by atoms with E-state index in [4.69, 9.17) is 27.6 Å². The number of hydrogen-bond donors (Lipinski definition) is 1. The fraction of sp³-hybridized carbons (Fsp3) is 0. The molecule has 2 aromatic carbocycles. The van der Waals surface area contributed by atoms with E-state index in [1.165, 1.54) is 6.33 Å². The molecular weight excluding hydrogens is 345 g/mol. The molecule has 4 rings (SSSR count). The van der Waals surface area contributed by atoms with Gasteiger partial charge in [-0.05, 0) is 48.5 Å². The smallest absolute Gasteiger partial charge is 0.231 e. The van der Waals surface area contributed by atoms with Crippen LogP contribution in [0.1, 0.15) is 0 Å². The van der Waals surface area contributed by atoms with E-state index in [1.54, 1.807) is 0 Å². The van der Waals surface area contributed by atoms with Crippen LogP contribution in [-0.4, -0.2) is 9.97 Å². The van der Waals surface area contributed by atoms with Crippen LogP contribution in [0.2, 0.25) is 10.0 Å². The Morgan fingerprint density at radius 1 is 0.875 bits per heavy atom. The van der Waals surface area contributed by atoms with Crippen molar-refractivity contribution in [2.24, 2.45) is 0 Å². The van der Waals surface area contributed by atoms with Crippen LogP contribution in [0.4, 0.5) is 11.5 Å². The van der Waals surface area contributed by atoms with Gasteiger partial charge in [-0.2, -0.15) is 0 Å². The van der Waals surface area contributed by atoms with Gasteiger partial charge in [0.2, 0.25) is 5.71 Å². The fourth-order valence-electron chi connectivity index (χ4n) is 2.41. The topological polar surface area (TPSA) is 51.0 Å². The molecule has 0 unspecified atom stereocenters. The summed E-state index contributed by atoms with van der Waals surface area (Å²) in [6.07, 6.45) is 1.46. The maximum Gasteiger partial charge on any atom is 0.231 e. The third kappa shape index (κ3) is 2.94. The van der Waals surface area contributed by atoms with Crippen molar-refractivity contribution in [2.45, 2.75) is 0 Å². The Labute approximate surface area is 148 Å². The average molecular weight is 356 g/mol. The van der Waals surface area contributed by atoms with Crippen LogP contribution in [0.5, 0.6) is 0 Å². The Kier molecular flexibility index (Phi) is 3.84. The fourth-order valence-corrected chi connectivity index (χ4v) is 2.73. The molecule has 6 heteroatoms. The lowest BCUT2D eigenvalue weighted by Gasteiger charge is -2.05. The molecule has 0 amide bonds. The van der Waals surface area contributed by atoms with E-state index in [-0.39, 0.29) is 0 Å². The number of fused-ring (bicyclic) bond motifs is 1. The molecule has 2 aromatic heterocycles. The van der Waals surface area contributed by atoms with E-state index in [9.17, 15) is 0 Å². The summed E-state index contributed by atoms with van der Waals surface area (Å²) < 4.78 is 5.84. The molecule has 2 heterocycles. The molecule has 0 aliphatic rings. The maximum atomic E-state index is 6.02. The number of anilines is 2. The first kappa shape index (κ1) is 15.0. The van der Waals surface area contributed by atoms with Gasteiger partial charge in [0.05, 0.1) is 5.39 Å². The minimum Gasteiger partial charge on any atom is -0.438 e. The Hall–Kier alpha value is -2.56. The summed E-state index contributed by atoms with van der Waals surface area (Å²) in [5.41, 5.74) is 2.28. The second-order valence-electron chi connectivity index (χ2n) is 5.19. The van der Waals surface area contributed by atoms with Crippen LogP contribution in [0.3, 0.4) is 0 Å². The molecule has 0 radical (unpaired) electrons. The van der Waals surface area contributed by atoms with Crippen molar-refractivity contribution in [3.8, 4) is 11.3 Å². The first-order valence-corrected chi connectivity index (χ1v) is 7.98. The summed E-state index contributed by atoms with van der Waals surface area (Å²) in [7, 11) is 0. The molecule has 0 aliphatic heterocycles. The van der Waals surface area contributed by atoms with E-state index in [0.717, 1.165) is 16.6 Å². The van der Waals surface area contributed by atoms with Crippen LogP contribution >= 0.6 is 23.2 Å². The zero-order valence-electron chi connectivity index (χ0n) is 12.3. The summed E-state index contributed by atoms with van der Waals surface area (Å²) >= 11 is 12.0. The monoisotopic (exact) mass is 355 g/mol. The summed E-state index contributed by atoms with van der Waals surface area (Å²) in [5, 5.41) is 5.37. The lowest BCUT2D eigenvalue weighted by atomic mass is 10.1. The van der Waals surface area contributed by atoms with Crippen molar-refractivity contribution in [1.82, 2.24) is 9.97 Å². The molecule has 0 atom stereocenters. The van der Waals surface area contributed by atoms with Crippen molar-refractivity contribution < 1.29 is 4.42 Å². The standard InChI is InChI=1S/C18H11Cl2N3O/c19-12-6-4-11(5-7-12)16-9-15-17(21-10-22-18(15)24-16)23-14-3-1-2-13(20)8-14/h1-10H,(H,21,22,23). The van der Waals surface area contributed by atoms with Crippen LogP contribution < -0.4 is 5.32 Å². The summed E-state index contributed by atoms with van der Waals surface area (Å²) in [5.74, 6) is 1.36. The third-order valence-electron chi connectivity index (χ3n) is 3.55. The van der Waals surface area contributed by atoms with Crippen molar-refractivity contribution in [3.05, 3.63) is 71.0 Å². The molecule has 118 valence electrons. The highest BCUT2D eigenvalue weighted by atomic mass is 35.5. The first-order chi connectivity index (χ1) is 11.7. The number of halogens is 2. The van der Waals surface area contributed by atoms with Crippen molar-refractivity contribution in [1.29, 1.82) is 0 Å². The molecular formula is C18H11Cl2N3O. The molecule has 0 aliphatic carbocycles. The van der Waals surface area contributed by atoms with Gasteiger partial charge < -0.3 is 9.73 Å². The molecule has 0 saturated carbocycles. The van der Waals surface area contributed by atoms with Crippen molar-refractivity contribution in [2.75, 3.05) is 5.32 Å². The normalized spacial score (nSPS) is 10.9. The molecule has 0 bridgehead atoms. The van der Waals surface area contributed by atoms with Crippen LogP contribution in [0.15, 0.2) is 65.3 Å². The van der Waals surface area contributed by atoms with Gasteiger partial charge in [-0.1, -0.05) is 29.3 Å². The first-order valence-electron chi connectivity index (χ1n) is 7.22. The second-order valence-corrected chi connectivity index (χ2v) is 6.07. The van der Waals surface area contributed by atoms with Gasteiger partial charge in [-0.3, -0.25) is 0 Å². The quantitative estimate of drug-likeness (QED) is 0.494. The molecule has 0 fully saturated rings. The molecule has 4 aromatic rings. The van der Waals surface area contributed by atoms with Gasteiger partial charge in [0.15, 0.2) is 0 Å². The predicted octanol–water partition coefficient (Wildman–Crippen LogP) is 5.94. The van der Waals surface area contributed by atoms with E-state index >= 15 is 0 Å². The number of aromatic nitrogens is 2. The largest absolute Gasteiger partial charge is 0.438 e. The maximum absolute atomic E-state index is 6.02. The summed E-state index contributed by atoms with van der Waals surface area (Å²) in [6, 6.07) is 16.8. The lowest BCUT2D eigenvalue weighted by molar-refractivity contribution is 0.617. The Morgan fingerprint density at radius 2 is 1.71 bits per heavy atom. The van der Waals surface area contributed by atoms with Gasteiger partial charge in [-0.15, -0.1) is 0 Å². The predicted molar refractivity (Wildman–Crippen MR) is 97.0 cm³/mol. The van der Waals surface area contributed by atoms with E-state index < -0.39 is 0 Å². The molecule has 0 spiro atoms. The minimum atomic E-state index is 0.513. The Bertz CT molecular complexity index is 1010. The minimum absolute atomic E-state index is 0.513. The second kappa shape index (κ2) is 6.15. The third-order valence-corrected chi connectivity index (χ3v) is 4.03. The average Bonchev–Trinajstić information content (AvgIpc) is 3.01. The SMILES string of the molecule is Clc1ccc(-c2cc3c(Nc4cccc(Cl)c4)ncnc3o2)cc1. The Morgan fingerprint density at radius 3 is 2.50 bits per heavy atom.